The van der Waals surface area contributed by atoms with Crippen LogP contribution in [0.3, 0.4) is 0 Å². The number of ether oxygens (including phenoxy) is 2. The molecule has 0 spiro atoms. The van der Waals surface area contributed by atoms with Crippen molar-refractivity contribution in [3.8, 4) is 28.4 Å². The molecule has 4 aromatic rings. The van der Waals surface area contributed by atoms with E-state index in [-0.39, 0.29) is 6.79 Å². The van der Waals surface area contributed by atoms with Gasteiger partial charge in [-0.25, -0.2) is 0 Å². The van der Waals surface area contributed by atoms with Gasteiger partial charge in [-0.15, -0.1) is 16.4 Å². The third-order valence-electron chi connectivity index (χ3n) is 4.54. The highest BCUT2D eigenvalue weighted by Crippen LogP contribution is 2.32. The molecular weight excluding hydrogens is 382 g/mol. The van der Waals surface area contributed by atoms with E-state index in [1.54, 1.807) is 17.6 Å². The standard InChI is InChI=1S/C23H17N3O2S/c1-3-7-18(8-4-1)20-15-29-23(26(20)19-9-5-2-6-10-19)25-24-14-17-11-12-21-22(13-17)28-16-27-21/h1-15H,16H2. The minimum absolute atomic E-state index is 0.259. The molecule has 0 N–H and O–H groups in total. The molecule has 29 heavy (non-hydrogen) atoms. The molecule has 1 aliphatic heterocycles. The van der Waals surface area contributed by atoms with Gasteiger partial charge in [-0.1, -0.05) is 48.5 Å². The van der Waals surface area contributed by atoms with E-state index in [4.69, 9.17) is 9.47 Å². The van der Waals surface area contributed by atoms with Crippen LogP contribution in [0.4, 0.5) is 0 Å². The molecule has 0 radical (unpaired) electrons. The number of benzene rings is 3. The summed E-state index contributed by atoms with van der Waals surface area (Å²) in [6.07, 6.45) is 1.72. The summed E-state index contributed by atoms with van der Waals surface area (Å²) in [5, 5.41) is 10.9. The molecule has 0 fully saturated rings. The Balaban J connectivity index is 1.55. The van der Waals surface area contributed by atoms with Gasteiger partial charge in [0.2, 0.25) is 11.6 Å². The Kier molecular flexibility index (Phi) is 4.68. The van der Waals surface area contributed by atoms with Crippen LogP contribution in [0.5, 0.6) is 11.5 Å². The fourth-order valence-corrected chi connectivity index (χ4v) is 4.02. The summed E-state index contributed by atoms with van der Waals surface area (Å²) in [6.45, 7) is 0.259. The van der Waals surface area contributed by atoms with Crippen molar-refractivity contribution in [1.29, 1.82) is 0 Å². The van der Waals surface area contributed by atoms with Gasteiger partial charge in [0.15, 0.2) is 11.5 Å². The zero-order chi connectivity index (χ0) is 19.5. The van der Waals surface area contributed by atoms with Gasteiger partial charge in [0, 0.05) is 11.1 Å². The number of nitrogens with zero attached hydrogens (tertiary/aromatic N) is 3. The fourth-order valence-electron chi connectivity index (χ4n) is 3.16. The van der Waals surface area contributed by atoms with Crippen LogP contribution >= 0.6 is 11.3 Å². The largest absolute Gasteiger partial charge is 0.454 e. The van der Waals surface area contributed by atoms with Gasteiger partial charge >= 0.3 is 0 Å². The summed E-state index contributed by atoms with van der Waals surface area (Å²) in [4.78, 5) is 0.798. The van der Waals surface area contributed by atoms with E-state index in [1.165, 1.54) is 0 Å². The molecule has 0 saturated carbocycles. The Labute approximate surface area is 171 Å². The topological polar surface area (TPSA) is 48.1 Å². The second-order valence-electron chi connectivity index (χ2n) is 6.40. The molecule has 0 bridgehead atoms. The molecule has 1 aromatic heterocycles. The van der Waals surface area contributed by atoms with Crippen molar-refractivity contribution < 1.29 is 9.47 Å². The lowest BCUT2D eigenvalue weighted by molar-refractivity contribution is 0.174. The first-order chi connectivity index (χ1) is 14.4. The smallest absolute Gasteiger partial charge is 0.231 e. The summed E-state index contributed by atoms with van der Waals surface area (Å²) < 4.78 is 12.9. The van der Waals surface area contributed by atoms with E-state index in [9.17, 15) is 0 Å². The van der Waals surface area contributed by atoms with E-state index in [0.717, 1.165) is 38.8 Å². The minimum atomic E-state index is 0.259. The molecule has 5 nitrogen and oxygen atoms in total. The third kappa shape index (κ3) is 3.58. The lowest BCUT2D eigenvalue weighted by Crippen LogP contribution is -2.13. The fraction of sp³-hybridized carbons (Fsp3) is 0.0435. The van der Waals surface area contributed by atoms with Crippen molar-refractivity contribution >= 4 is 17.6 Å². The summed E-state index contributed by atoms with van der Waals surface area (Å²) in [7, 11) is 0. The van der Waals surface area contributed by atoms with Crippen molar-refractivity contribution in [2.24, 2.45) is 10.2 Å². The molecule has 0 unspecified atom stereocenters. The van der Waals surface area contributed by atoms with Crippen molar-refractivity contribution in [1.82, 2.24) is 4.57 Å². The zero-order valence-corrected chi connectivity index (χ0v) is 16.3. The van der Waals surface area contributed by atoms with Crippen LogP contribution in [-0.4, -0.2) is 17.6 Å². The normalized spacial score (nSPS) is 13.3. The van der Waals surface area contributed by atoms with Crippen molar-refractivity contribution in [2.45, 2.75) is 0 Å². The van der Waals surface area contributed by atoms with E-state index in [0.29, 0.717) is 0 Å². The van der Waals surface area contributed by atoms with Gasteiger partial charge in [-0.3, -0.25) is 4.57 Å². The van der Waals surface area contributed by atoms with Gasteiger partial charge < -0.3 is 9.47 Å². The molecule has 0 aliphatic carbocycles. The lowest BCUT2D eigenvalue weighted by atomic mass is 10.1. The van der Waals surface area contributed by atoms with Gasteiger partial charge in [0.25, 0.3) is 0 Å². The van der Waals surface area contributed by atoms with Crippen molar-refractivity contribution in [3.05, 3.63) is 94.6 Å². The van der Waals surface area contributed by atoms with Crippen molar-refractivity contribution in [3.63, 3.8) is 0 Å². The molecule has 2 heterocycles. The maximum Gasteiger partial charge on any atom is 0.231 e. The molecule has 0 atom stereocenters. The predicted octanol–water partition coefficient (Wildman–Crippen LogP) is 4.87. The van der Waals surface area contributed by atoms with E-state index >= 15 is 0 Å². The highest BCUT2D eigenvalue weighted by atomic mass is 32.1. The number of aromatic nitrogens is 1. The van der Waals surface area contributed by atoms with Crippen LogP contribution in [0.25, 0.3) is 16.9 Å². The Morgan fingerprint density at radius 3 is 2.45 bits per heavy atom. The zero-order valence-electron chi connectivity index (χ0n) is 15.4. The molecule has 0 amide bonds. The van der Waals surface area contributed by atoms with Crippen LogP contribution in [0.2, 0.25) is 0 Å². The maximum absolute atomic E-state index is 5.42. The number of rotatable bonds is 4. The summed E-state index contributed by atoms with van der Waals surface area (Å²) >= 11 is 1.56. The molecule has 142 valence electrons. The SMILES string of the molecule is C(=NN=c1scc(-c2ccccc2)n1-c1ccccc1)c1ccc2c(c1)OCO2. The Hall–Kier alpha value is -3.64. The lowest BCUT2D eigenvalue weighted by Gasteiger charge is -2.08. The average molecular weight is 399 g/mol. The first-order valence-corrected chi connectivity index (χ1v) is 10.0. The van der Waals surface area contributed by atoms with Crippen LogP contribution in [0.15, 0.2) is 94.4 Å². The Morgan fingerprint density at radius 2 is 1.62 bits per heavy atom. The maximum atomic E-state index is 5.42. The third-order valence-corrected chi connectivity index (χ3v) is 5.35. The predicted molar refractivity (Wildman–Crippen MR) is 115 cm³/mol. The van der Waals surface area contributed by atoms with Gasteiger partial charge in [-0.2, -0.15) is 5.10 Å². The summed E-state index contributed by atoms with van der Waals surface area (Å²) in [5.74, 6) is 1.49. The first-order valence-electron chi connectivity index (χ1n) is 9.16. The average Bonchev–Trinajstić information content (AvgIpc) is 3.42. The van der Waals surface area contributed by atoms with E-state index < -0.39 is 0 Å². The Morgan fingerprint density at radius 1 is 0.862 bits per heavy atom. The number of fused-ring (bicyclic) bond motifs is 1. The number of hydrogen-bond acceptors (Lipinski definition) is 5. The highest BCUT2D eigenvalue weighted by molar-refractivity contribution is 7.07. The molecule has 5 rings (SSSR count). The highest BCUT2D eigenvalue weighted by Gasteiger charge is 2.12. The quantitative estimate of drug-likeness (QED) is 0.363. The second-order valence-corrected chi connectivity index (χ2v) is 7.23. The number of para-hydroxylation sites is 1. The molecule has 0 saturated heterocycles. The molecular formula is C23H17N3O2S. The van der Waals surface area contributed by atoms with Crippen LogP contribution < -0.4 is 14.3 Å². The van der Waals surface area contributed by atoms with E-state index in [1.807, 2.05) is 54.6 Å². The minimum Gasteiger partial charge on any atom is -0.454 e. The number of thiazole rings is 1. The van der Waals surface area contributed by atoms with Gasteiger partial charge in [0.05, 0.1) is 11.9 Å². The molecule has 1 aliphatic rings. The molecule has 6 heteroatoms. The first kappa shape index (κ1) is 17.5. The molecule has 3 aromatic carbocycles. The monoisotopic (exact) mass is 399 g/mol. The van der Waals surface area contributed by atoms with Gasteiger partial charge in [-0.05, 0) is 41.5 Å². The number of hydrogen-bond donors (Lipinski definition) is 0. The van der Waals surface area contributed by atoms with Crippen LogP contribution in [-0.2, 0) is 0 Å². The van der Waals surface area contributed by atoms with Crippen LogP contribution in [0, 0.1) is 0 Å². The van der Waals surface area contributed by atoms with Gasteiger partial charge in [0.1, 0.15) is 0 Å². The van der Waals surface area contributed by atoms with E-state index in [2.05, 4.69) is 44.4 Å². The van der Waals surface area contributed by atoms with Crippen LogP contribution in [0.1, 0.15) is 5.56 Å². The summed E-state index contributed by atoms with van der Waals surface area (Å²) in [6, 6.07) is 26.2. The Bertz CT molecular complexity index is 1230. The second kappa shape index (κ2) is 7.77. The van der Waals surface area contributed by atoms with Crippen molar-refractivity contribution in [2.75, 3.05) is 6.79 Å². The summed E-state index contributed by atoms with van der Waals surface area (Å²) in [5.41, 5.74) is 4.17.